The summed E-state index contributed by atoms with van der Waals surface area (Å²) in [5, 5.41) is -0.189. The molecule has 0 aliphatic rings. The largest absolute Gasteiger partial charge is 0.399 e. The number of anilines is 1. The lowest BCUT2D eigenvalue weighted by Gasteiger charge is -2.08. The highest BCUT2D eigenvalue weighted by Crippen LogP contribution is 2.31. The normalized spacial score (nSPS) is 12.4. The number of fused-ring (bicyclic) bond motifs is 1. The van der Waals surface area contributed by atoms with E-state index in [1.165, 1.54) is 18.2 Å². The van der Waals surface area contributed by atoms with Crippen molar-refractivity contribution in [2.45, 2.75) is 9.79 Å². The first-order valence-corrected chi connectivity index (χ1v) is 7.94. The van der Waals surface area contributed by atoms with Gasteiger partial charge in [-0.1, -0.05) is 12.1 Å². The Labute approximate surface area is 114 Å². The van der Waals surface area contributed by atoms with Gasteiger partial charge in [0.25, 0.3) is 10.1 Å². The van der Waals surface area contributed by atoms with E-state index in [1.807, 2.05) is 4.58 Å². The minimum absolute atomic E-state index is 0.0751. The lowest BCUT2D eigenvalue weighted by molar-refractivity contribution is 0.484. The van der Waals surface area contributed by atoms with Crippen LogP contribution in [-0.4, -0.2) is 21.4 Å². The van der Waals surface area contributed by atoms with E-state index < -0.39 is 29.9 Å². The van der Waals surface area contributed by atoms with Crippen LogP contribution in [0.1, 0.15) is 0 Å². The van der Waals surface area contributed by atoms with E-state index in [4.69, 9.17) is 10.3 Å². The Morgan fingerprint density at radius 3 is 2.20 bits per heavy atom. The van der Waals surface area contributed by atoms with E-state index in [0.717, 1.165) is 12.1 Å². The van der Waals surface area contributed by atoms with Crippen LogP contribution < -0.4 is 5.73 Å². The van der Waals surface area contributed by atoms with E-state index in [2.05, 4.69) is 0 Å². The summed E-state index contributed by atoms with van der Waals surface area (Å²) in [7, 11) is -9.07. The number of benzene rings is 2. The minimum Gasteiger partial charge on any atom is -0.399 e. The molecule has 0 unspecified atom stereocenters. The molecule has 0 aliphatic heterocycles. The molecular formula is C10H8N2O6S2. The second-order valence-corrected chi connectivity index (χ2v) is 6.82. The molecule has 8 nitrogen and oxygen atoms in total. The monoisotopic (exact) mass is 316 g/mol. The van der Waals surface area contributed by atoms with Crippen molar-refractivity contribution in [2.24, 2.45) is 4.58 Å². The Hall–Kier alpha value is -2.04. The first-order chi connectivity index (χ1) is 9.16. The Morgan fingerprint density at radius 2 is 1.65 bits per heavy atom. The topological polar surface area (TPSA) is 144 Å². The van der Waals surface area contributed by atoms with Gasteiger partial charge in [0.2, 0.25) is 0 Å². The summed E-state index contributed by atoms with van der Waals surface area (Å²) in [5.74, 6) is 0. The number of sulfonamides is 1. The summed E-state index contributed by atoms with van der Waals surface area (Å²) in [6.45, 7) is 0. The number of nitrogens with zero attached hydrogens (tertiary/aromatic N) is 1. The highest BCUT2D eigenvalue weighted by Gasteiger charge is 2.22. The molecule has 0 bridgehead atoms. The Kier molecular flexibility index (Phi) is 3.24. The lowest BCUT2D eigenvalue weighted by Crippen LogP contribution is -2.03. The maximum absolute atomic E-state index is 11.6. The van der Waals surface area contributed by atoms with Crippen LogP contribution in [0.5, 0.6) is 0 Å². The third-order valence-corrected chi connectivity index (χ3v) is 4.60. The average molecular weight is 316 g/mol. The first kappa shape index (κ1) is 14.4. The van der Waals surface area contributed by atoms with Gasteiger partial charge in [0, 0.05) is 16.5 Å². The van der Waals surface area contributed by atoms with Crippen LogP contribution in [0.15, 0.2) is 44.7 Å². The zero-order valence-corrected chi connectivity index (χ0v) is 11.3. The van der Waals surface area contributed by atoms with E-state index in [1.54, 1.807) is 0 Å². The zero-order valence-electron chi connectivity index (χ0n) is 9.72. The van der Waals surface area contributed by atoms with E-state index >= 15 is 0 Å². The number of hydrogen-bond acceptors (Lipinski definition) is 6. The Morgan fingerprint density at radius 1 is 1.00 bits per heavy atom. The maximum Gasteiger partial charge on any atom is 0.317 e. The molecule has 2 aromatic carbocycles. The third-order valence-electron chi connectivity index (χ3n) is 2.59. The molecule has 0 aliphatic carbocycles. The fraction of sp³-hybridized carbons (Fsp3) is 0. The van der Waals surface area contributed by atoms with Crippen LogP contribution in [-0.2, 0) is 20.1 Å². The molecule has 0 aromatic heterocycles. The fourth-order valence-corrected chi connectivity index (χ4v) is 3.34. The molecule has 20 heavy (non-hydrogen) atoms. The highest BCUT2D eigenvalue weighted by atomic mass is 32.2. The molecular weight excluding hydrogens is 308 g/mol. The maximum atomic E-state index is 11.6. The summed E-state index contributed by atoms with van der Waals surface area (Å²) < 4.78 is 56.9. The third kappa shape index (κ3) is 2.35. The minimum atomic E-state index is -4.57. The smallest absolute Gasteiger partial charge is 0.317 e. The van der Waals surface area contributed by atoms with Crippen LogP contribution in [0.2, 0.25) is 0 Å². The molecule has 0 heterocycles. The van der Waals surface area contributed by atoms with Crippen LogP contribution in [0, 0.1) is 4.91 Å². The van der Waals surface area contributed by atoms with Crippen molar-refractivity contribution in [1.29, 1.82) is 0 Å². The summed E-state index contributed by atoms with van der Waals surface area (Å²) >= 11 is 0. The summed E-state index contributed by atoms with van der Waals surface area (Å²) in [5.41, 5.74) is 5.42. The number of nitroso groups, excluding NO2 is 1. The van der Waals surface area contributed by atoms with Gasteiger partial charge in [-0.25, -0.2) is 0 Å². The summed E-state index contributed by atoms with van der Waals surface area (Å²) in [4.78, 5) is 9.39. The van der Waals surface area contributed by atoms with Gasteiger partial charge in [-0.2, -0.15) is 16.8 Å². The van der Waals surface area contributed by atoms with Crippen molar-refractivity contribution in [3.05, 3.63) is 35.2 Å². The molecule has 2 rings (SSSR count). The van der Waals surface area contributed by atoms with Gasteiger partial charge in [0.15, 0.2) is 0 Å². The molecule has 0 atom stereocenters. The molecule has 0 saturated carbocycles. The van der Waals surface area contributed by atoms with Gasteiger partial charge < -0.3 is 5.73 Å². The van der Waals surface area contributed by atoms with Gasteiger partial charge in [-0.3, -0.25) is 4.55 Å². The van der Waals surface area contributed by atoms with Crippen LogP contribution >= 0.6 is 0 Å². The Bertz CT molecular complexity index is 918. The number of rotatable bonds is 3. The van der Waals surface area contributed by atoms with E-state index in [-0.39, 0.29) is 16.5 Å². The quantitative estimate of drug-likeness (QED) is 0.490. The molecule has 2 aromatic rings. The number of nitrogens with two attached hydrogens (primary N) is 1. The van der Waals surface area contributed by atoms with Crippen molar-refractivity contribution in [1.82, 2.24) is 0 Å². The van der Waals surface area contributed by atoms with Crippen LogP contribution in [0.3, 0.4) is 0 Å². The molecule has 0 fully saturated rings. The van der Waals surface area contributed by atoms with Crippen molar-refractivity contribution in [3.63, 3.8) is 0 Å². The summed E-state index contributed by atoms with van der Waals surface area (Å²) in [6.07, 6.45) is 0. The van der Waals surface area contributed by atoms with Gasteiger partial charge >= 0.3 is 10.0 Å². The van der Waals surface area contributed by atoms with Crippen LogP contribution in [0.25, 0.3) is 10.8 Å². The molecule has 0 amide bonds. The molecule has 106 valence electrons. The van der Waals surface area contributed by atoms with Crippen molar-refractivity contribution >= 4 is 36.6 Å². The highest BCUT2D eigenvalue weighted by molar-refractivity contribution is 7.90. The molecule has 0 saturated heterocycles. The second-order valence-electron chi connectivity index (χ2n) is 3.89. The number of nitrogen functional groups attached to an aromatic ring is 1. The summed E-state index contributed by atoms with van der Waals surface area (Å²) in [6, 6.07) is 5.77. The van der Waals surface area contributed by atoms with E-state index in [0.29, 0.717) is 0 Å². The SMILES string of the molecule is Nc1cc(S(=O)(=O)N=O)c2cccc(S(=O)(=O)O)c2c1. The lowest BCUT2D eigenvalue weighted by atomic mass is 10.1. The zero-order chi connectivity index (χ0) is 15.1. The van der Waals surface area contributed by atoms with Crippen molar-refractivity contribution in [2.75, 3.05) is 5.73 Å². The van der Waals surface area contributed by atoms with Crippen LogP contribution in [0.4, 0.5) is 5.69 Å². The predicted octanol–water partition coefficient (Wildman–Crippen LogP) is 1.12. The molecule has 3 N–H and O–H groups in total. The van der Waals surface area contributed by atoms with Gasteiger partial charge in [-0.15, -0.1) is 4.91 Å². The van der Waals surface area contributed by atoms with Gasteiger partial charge in [0.1, 0.15) is 9.79 Å². The van der Waals surface area contributed by atoms with Crippen molar-refractivity contribution < 1.29 is 21.4 Å². The predicted molar refractivity (Wildman–Crippen MR) is 71.2 cm³/mol. The fourth-order valence-electron chi connectivity index (χ4n) is 1.82. The Balaban J connectivity index is 3.06. The van der Waals surface area contributed by atoms with E-state index in [9.17, 15) is 21.7 Å². The first-order valence-electron chi connectivity index (χ1n) is 5.06. The van der Waals surface area contributed by atoms with Gasteiger partial charge in [-0.05, 0) is 18.2 Å². The number of hydrogen-bond donors (Lipinski definition) is 2. The van der Waals surface area contributed by atoms with Gasteiger partial charge in [0.05, 0.1) is 4.58 Å². The molecule has 10 heteroatoms. The average Bonchev–Trinajstić information content (AvgIpc) is 2.35. The second kappa shape index (κ2) is 4.51. The molecule has 0 spiro atoms. The standard InChI is InChI=1S/C10H8N2O6S2/c11-6-4-8-7(10(5-6)19(14,15)12-13)2-1-3-9(8)20(16,17)18/h1-5H,11H2,(H,16,17,18). The molecule has 0 radical (unpaired) electrons. The van der Waals surface area contributed by atoms with Crippen molar-refractivity contribution in [3.8, 4) is 0 Å².